The first-order valence-electron chi connectivity index (χ1n) is 7.46. The van der Waals surface area contributed by atoms with Crippen molar-refractivity contribution in [2.45, 2.75) is 32.7 Å². The zero-order valence-electron chi connectivity index (χ0n) is 12.9. The van der Waals surface area contributed by atoms with Crippen molar-refractivity contribution in [1.82, 2.24) is 5.32 Å². The fourth-order valence-electron chi connectivity index (χ4n) is 2.51. The van der Waals surface area contributed by atoms with Gasteiger partial charge in [0.15, 0.2) is 0 Å². The van der Waals surface area contributed by atoms with Gasteiger partial charge in [-0.2, -0.15) is 0 Å². The summed E-state index contributed by atoms with van der Waals surface area (Å²) in [6, 6.07) is 12.7. The molecule has 0 fully saturated rings. The minimum absolute atomic E-state index is 0.201. The Morgan fingerprint density at radius 2 is 1.77 bits per heavy atom. The molecule has 0 aliphatic heterocycles. The van der Waals surface area contributed by atoms with Crippen LogP contribution in [0.1, 0.15) is 25.8 Å². The predicted octanol–water partition coefficient (Wildman–Crippen LogP) is 3.00. The van der Waals surface area contributed by atoms with Gasteiger partial charge in [0.25, 0.3) is 0 Å². The van der Waals surface area contributed by atoms with Crippen molar-refractivity contribution in [3.05, 3.63) is 48.0 Å². The Hall–Kier alpha value is -2.36. The molecule has 1 amide bonds. The largest absolute Gasteiger partial charge is 0.480 e. The molecule has 0 heterocycles. The third-order valence-electron chi connectivity index (χ3n) is 3.53. The van der Waals surface area contributed by atoms with Gasteiger partial charge in [0.1, 0.15) is 6.04 Å². The van der Waals surface area contributed by atoms with E-state index in [1.807, 2.05) is 56.3 Å². The number of carboxylic acids is 1. The second kappa shape index (κ2) is 7.07. The number of carbonyl (C=O) groups excluding carboxylic acids is 1. The standard InChI is InChI=1S/C18H21NO3/c1-12(2)10-17(20)19-16(18(21)22)11-14-8-5-7-13-6-3-4-9-15(13)14/h3-9,12,16H,10-11H2,1-2H3,(H,19,20)(H,21,22)/t16-/m1/s1. The summed E-state index contributed by atoms with van der Waals surface area (Å²) in [6.07, 6.45) is 0.611. The highest BCUT2D eigenvalue weighted by atomic mass is 16.4. The summed E-state index contributed by atoms with van der Waals surface area (Å²) >= 11 is 0. The average Bonchev–Trinajstić information content (AvgIpc) is 2.46. The zero-order valence-corrected chi connectivity index (χ0v) is 12.9. The zero-order chi connectivity index (χ0) is 16.1. The molecular formula is C18H21NO3. The molecule has 0 saturated carbocycles. The quantitative estimate of drug-likeness (QED) is 0.861. The molecule has 1 atom stereocenters. The topological polar surface area (TPSA) is 66.4 Å². The summed E-state index contributed by atoms with van der Waals surface area (Å²) in [5.74, 6) is -1.03. The van der Waals surface area contributed by atoms with Crippen LogP contribution in [0.5, 0.6) is 0 Å². The fraction of sp³-hybridized carbons (Fsp3) is 0.333. The van der Waals surface area contributed by atoms with Crippen LogP contribution < -0.4 is 5.32 Å². The van der Waals surface area contributed by atoms with Gasteiger partial charge >= 0.3 is 5.97 Å². The van der Waals surface area contributed by atoms with E-state index in [1.54, 1.807) is 0 Å². The van der Waals surface area contributed by atoms with Crippen molar-refractivity contribution in [2.75, 3.05) is 0 Å². The lowest BCUT2D eigenvalue weighted by Gasteiger charge is -2.16. The number of rotatable bonds is 6. The van der Waals surface area contributed by atoms with Gasteiger partial charge in [0, 0.05) is 12.8 Å². The van der Waals surface area contributed by atoms with Crippen molar-refractivity contribution >= 4 is 22.6 Å². The van der Waals surface area contributed by atoms with Gasteiger partial charge < -0.3 is 10.4 Å². The predicted molar refractivity (Wildman–Crippen MR) is 86.7 cm³/mol. The molecule has 2 aromatic rings. The summed E-state index contributed by atoms with van der Waals surface area (Å²) in [6.45, 7) is 3.86. The monoisotopic (exact) mass is 299 g/mol. The fourth-order valence-corrected chi connectivity index (χ4v) is 2.51. The lowest BCUT2D eigenvalue weighted by molar-refractivity contribution is -0.141. The molecule has 0 aliphatic rings. The molecule has 2 N–H and O–H groups in total. The highest BCUT2D eigenvalue weighted by Gasteiger charge is 2.21. The third-order valence-corrected chi connectivity index (χ3v) is 3.53. The molecule has 0 unspecified atom stereocenters. The lowest BCUT2D eigenvalue weighted by atomic mass is 9.98. The molecule has 0 aliphatic carbocycles. The van der Waals surface area contributed by atoms with E-state index in [-0.39, 0.29) is 18.2 Å². The van der Waals surface area contributed by atoms with Crippen LogP contribution in [0.4, 0.5) is 0 Å². The Labute approximate surface area is 130 Å². The smallest absolute Gasteiger partial charge is 0.326 e. The maximum atomic E-state index is 11.8. The Morgan fingerprint density at radius 1 is 1.09 bits per heavy atom. The Bertz CT molecular complexity index is 674. The van der Waals surface area contributed by atoms with Gasteiger partial charge in [-0.3, -0.25) is 4.79 Å². The Kier molecular flexibility index (Phi) is 5.15. The van der Waals surface area contributed by atoms with Crippen LogP contribution in [0.3, 0.4) is 0 Å². The van der Waals surface area contributed by atoms with Crippen molar-refractivity contribution in [3.8, 4) is 0 Å². The van der Waals surface area contributed by atoms with Crippen molar-refractivity contribution in [3.63, 3.8) is 0 Å². The number of fused-ring (bicyclic) bond motifs is 1. The van der Waals surface area contributed by atoms with Crippen LogP contribution >= 0.6 is 0 Å². The Morgan fingerprint density at radius 3 is 2.45 bits per heavy atom. The molecule has 0 saturated heterocycles. The highest BCUT2D eigenvalue weighted by molar-refractivity contribution is 5.88. The van der Waals surface area contributed by atoms with E-state index >= 15 is 0 Å². The minimum atomic E-state index is -1.01. The number of hydrogen-bond acceptors (Lipinski definition) is 2. The van der Waals surface area contributed by atoms with Gasteiger partial charge in [-0.1, -0.05) is 56.3 Å². The number of nitrogens with one attached hydrogen (secondary N) is 1. The number of carbonyl (C=O) groups is 2. The van der Waals surface area contributed by atoms with E-state index in [2.05, 4.69) is 5.32 Å². The molecule has 4 heteroatoms. The van der Waals surface area contributed by atoms with E-state index in [1.165, 1.54) is 0 Å². The van der Waals surface area contributed by atoms with Gasteiger partial charge in [0.05, 0.1) is 0 Å². The van der Waals surface area contributed by atoms with Crippen molar-refractivity contribution in [1.29, 1.82) is 0 Å². The molecular weight excluding hydrogens is 278 g/mol. The number of hydrogen-bond donors (Lipinski definition) is 2. The summed E-state index contributed by atoms with van der Waals surface area (Å²) in [4.78, 5) is 23.3. The number of benzene rings is 2. The van der Waals surface area contributed by atoms with Gasteiger partial charge in [0.2, 0.25) is 5.91 Å². The van der Waals surface area contributed by atoms with Crippen LogP contribution in [-0.2, 0) is 16.0 Å². The van der Waals surface area contributed by atoms with E-state index in [9.17, 15) is 14.7 Å². The van der Waals surface area contributed by atoms with Gasteiger partial charge in [-0.05, 0) is 22.3 Å². The first-order valence-corrected chi connectivity index (χ1v) is 7.46. The molecule has 22 heavy (non-hydrogen) atoms. The molecule has 2 aromatic carbocycles. The molecule has 0 spiro atoms. The molecule has 0 radical (unpaired) electrons. The van der Waals surface area contributed by atoms with Crippen LogP contribution in [0.2, 0.25) is 0 Å². The average molecular weight is 299 g/mol. The van der Waals surface area contributed by atoms with Crippen molar-refractivity contribution in [2.24, 2.45) is 5.92 Å². The molecule has 0 bridgehead atoms. The molecule has 116 valence electrons. The number of amides is 1. The first-order chi connectivity index (χ1) is 10.5. The van der Waals surface area contributed by atoms with Crippen LogP contribution in [0, 0.1) is 5.92 Å². The maximum Gasteiger partial charge on any atom is 0.326 e. The second-order valence-electron chi connectivity index (χ2n) is 5.90. The first kappa shape index (κ1) is 16.0. The van der Waals surface area contributed by atoms with Gasteiger partial charge in [-0.15, -0.1) is 0 Å². The van der Waals surface area contributed by atoms with Crippen molar-refractivity contribution < 1.29 is 14.7 Å². The van der Waals surface area contributed by atoms with Crippen LogP contribution in [0.15, 0.2) is 42.5 Å². The van der Waals surface area contributed by atoms with Crippen LogP contribution in [0.25, 0.3) is 10.8 Å². The highest BCUT2D eigenvalue weighted by Crippen LogP contribution is 2.20. The van der Waals surface area contributed by atoms with Gasteiger partial charge in [-0.25, -0.2) is 4.79 Å². The molecule has 2 rings (SSSR count). The normalized spacial score (nSPS) is 12.3. The number of carboxylic acid groups (broad SMARTS) is 1. The summed E-state index contributed by atoms with van der Waals surface area (Å²) in [7, 11) is 0. The summed E-state index contributed by atoms with van der Waals surface area (Å²) in [5.41, 5.74) is 0.926. The lowest BCUT2D eigenvalue weighted by Crippen LogP contribution is -2.42. The summed E-state index contributed by atoms with van der Waals surface area (Å²) < 4.78 is 0. The molecule has 0 aromatic heterocycles. The minimum Gasteiger partial charge on any atom is -0.480 e. The Balaban J connectivity index is 2.20. The van der Waals surface area contributed by atoms with E-state index in [0.717, 1.165) is 16.3 Å². The molecule has 4 nitrogen and oxygen atoms in total. The SMILES string of the molecule is CC(C)CC(=O)N[C@H](Cc1cccc2ccccc12)C(=O)O. The third kappa shape index (κ3) is 4.07. The van der Waals surface area contributed by atoms with E-state index in [0.29, 0.717) is 6.42 Å². The van der Waals surface area contributed by atoms with Crippen LogP contribution in [-0.4, -0.2) is 23.0 Å². The number of aliphatic carboxylic acids is 1. The summed E-state index contributed by atoms with van der Waals surface area (Å²) in [5, 5.41) is 14.1. The maximum absolute atomic E-state index is 11.8. The van der Waals surface area contributed by atoms with E-state index in [4.69, 9.17) is 0 Å². The van der Waals surface area contributed by atoms with E-state index < -0.39 is 12.0 Å². The second-order valence-corrected chi connectivity index (χ2v) is 5.90.